The van der Waals surface area contributed by atoms with Crippen molar-refractivity contribution in [3.8, 4) is 5.75 Å². The van der Waals surface area contributed by atoms with Gasteiger partial charge in [0, 0.05) is 24.5 Å². The van der Waals surface area contributed by atoms with Crippen LogP contribution in [0.3, 0.4) is 0 Å². The molecule has 0 aliphatic rings. The summed E-state index contributed by atoms with van der Waals surface area (Å²) in [5, 5.41) is 5.35. The van der Waals surface area contributed by atoms with Gasteiger partial charge in [-0.3, -0.25) is 14.4 Å². The van der Waals surface area contributed by atoms with E-state index in [0.29, 0.717) is 17.9 Å². The molecule has 0 saturated carbocycles. The molecule has 0 radical (unpaired) electrons. The molecule has 2 N–H and O–H groups in total. The molecule has 7 heteroatoms. The molecule has 29 heavy (non-hydrogen) atoms. The van der Waals surface area contributed by atoms with Crippen molar-refractivity contribution in [2.24, 2.45) is 0 Å². The number of hydrogen-bond acceptors (Lipinski definition) is 4. The highest BCUT2D eigenvalue weighted by Gasteiger charge is 2.13. The fraction of sp³-hybridized carbons (Fsp3) is 0.136. The summed E-state index contributed by atoms with van der Waals surface area (Å²) in [5.74, 6) is 0.00716. The van der Waals surface area contributed by atoms with Crippen LogP contribution < -0.4 is 20.9 Å². The fourth-order valence-electron chi connectivity index (χ4n) is 2.84. The molecule has 0 aliphatic carbocycles. The zero-order valence-corrected chi connectivity index (χ0v) is 16.1. The average molecular weight is 391 g/mol. The number of hydrogen-bond donors (Lipinski definition) is 2. The maximum absolute atomic E-state index is 12.8. The highest BCUT2D eigenvalue weighted by Crippen LogP contribution is 2.16. The van der Waals surface area contributed by atoms with Gasteiger partial charge in [-0.25, -0.2) is 0 Å². The third-order valence-corrected chi connectivity index (χ3v) is 4.22. The minimum absolute atomic E-state index is 0.0333. The van der Waals surface area contributed by atoms with Crippen LogP contribution in [-0.4, -0.2) is 23.5 Å². The molecule has 0 bridgehead atoms. The fourth-order valence-corrected chi connectivity index (χ4v) is 2.84. The first-order valence-corrected chi connectivity index (χ1v) is 8.97. The number of carbonyl (C=O) groups is 2. The van der Waals surface area contributed by atoms with Gasteiger partial charge in [0.2, 0.25) is 5.91 Å². The maximum atomic E-state index is 12.8. The van der Waals surface area contributed by atoms with E-state index in [1.807, 2.05) is 24.3 Å². The second-order valence-electron chi connectivity index (χ2n) is 6.42. The predicted molar refractivity (Wildman–Crippen MR) is 111 cm³/mol. The molecule has 148 valence electrons. The molecule has 0 atom stereocenters. The molecule has 2 amide bonds. The molecule has 3 rings (SSSR count). The van der Waals surface area contributed by atoms with E-state index in [9.17, 15) is 14.4 Å². The predicted octanol–water partition coefficient (Wildman–Crippen LogP) is 3.12. The van der Waals surface area contributed by atoms with Gasteiger partial charge in [0.15, 0.2) is 0 Å². The van der Waals surface area contributed by atoms with E-state index in [2.05, 4.69) is 10.6 Å². The Bertz CT molecular complexity index is 1090. The number of benzene rings is 2. The number of amides is 2. The van der Waals surface area contributed by atoms with Gasteiger partial charge in [-0.15, -0.1) is 0 Å². The quantitative estimate of drug-likeness (QED) is 0.676. The summed E-state index contributed by atoms with van der Waals surface area (Å²) in [7, 11) is 1.59. The number of aromatic nitrogens is 1. The Morgan fingerprint density at radius 2 is 1.66 bits per heavy atom. The molecule has 0 spiro atoms. The van der Waals surface area contributed by atoms with Crippen molar-refractivity contribution < 1.29 is 14.3 Å². The van der Waals surface area contributed by atoms with Gasteiger partial charge in [-0.2, -0.15) is 0 Å². The molecule has 7 nitrogen and oxygen atoms in total. The SMILES string of the molecule is COc1ccc(Cn2cccc(C(=O)Nc3cccc(NC(C)=O)c3)c2=O)cc1. The van der Waals surface area contributed by atoms with E-state index in [4.69, 9.17) is 4.74 Å². The zero-order valence-electron chi connectivity index (χ0n) is 16.1. The molecule has 1 aromatic heterocycles. The first-order chi connectivity index (χ1) is 14.0. The normalized spacial score (nSPS) is 10.3. The van der Waals surface area contributed by atoms with Gasteiger partial charge < -0.3 is 19.9 Å². The summed E-state index contributed by atoms with van der Waals surface area (Å²) in [4.78, 5) is 36.6. The molecule has 0 fully saturated rings. The Morgan fingerprint density at radius 1 is 0.966 bits per heavy atom. The molecular weight excluding hydrogens is 370 g/mol. The average Bonchev–Trinajstić information content (AvgIpc) is 2.70. The molecule has 0 unspecified atom stereocenters. The van der Waals surface area contributed by atoms with Crippen LogP contribution in [-0.2, 0) is 11.3 Å². The van der Waals surface area contributed by atoms with E-state index in [1.165, 1.54) is 17.6 Å². The Morgan fingerprint density at radius 3 is 2.31 bits per heavy atom. The summed E-state index contributed by atoms with van der Waals surface area (Å²) >= 11 is 0. The van der Waals surface area contributed by atoms with Gasteiger partial charge in [-0.1, -0.05) is 18.2 Å². The second-order valence-corrected chi connectivity index (χ2v) is 6.42. The van der Waals surface area contributed by atoms with Crippen LogP contribution in [0.2, 0.25) is 0 Å². The summed E-state index contributed by atoms with van der Waals surface area (Å²) in [6, 6.07) is 17.2. The van der Waals surface area contributed by atoms with Crippen molar-refractivity contribution in [3.05, 3.63) is 88.3 Å². The van der Waals surface area contributed by atoms with Crippen molar-refractivity contribution in [2.45, 2.75) is 13.5 Å². The van der Waals surface area contributed by atoms with Crippen LogP contribution in [0.15, 0.2) is 71.7 Å². The first kappa shape index (κ1) is 19.9. The standard InChI is InChI=1S/C22H21N3O4/c1-15(26)23-17-5-3-6-18(13-17)24-21(27)20-7-4-12-25(22(20)28)14-16-8-10-19(29-2)11-9-16/h3-13H,14H2,1-2H3,(H,23,26)(H,24,27). The Hall–Kier alpha value is -3.87. The third-order valence-electron chi connectivity index (χ3n) is 4.22. The summed E-state index contributed by atoms with van der Waals surface area (Å²) in [6.07, 6.45) is 1.64. The largest absolute Gasteiger partial charge is 0.497 e. The topological polar surface area (TPSA) is 89.4 Å². The Kier molecular flexibility index (Phi) is 6.09. The van der Waals surface area contributed by atoms with Gasteiger partial charge in [0.25, 0.3) is 11.5 Å². The lowest BCUT2D eigenvalue weighted by molar-refractivity contribution is -0.114. The van der Waals surface area contributed by atoms with Crippen LogP contribution in [0.1, 0.15) is 22.8 Å². The van der Waals surface area contributed by atoms with E-state index in [-0.39, 0.29) is 17.0 Å². The molecule has 2 aromatic carbocycles. The molecule has 3 aromatic rings. The Balaban J connectivity index is 1.78. The third kappa shape index (κ3) is 5.10. The van der Waals surface area contributed by atoms with Gasteiger partial charge in [0.05, 0.1) is 13.7 Å². The van der Waals surface area contributed by atoms with Gasteiger partial charge >= 0.3 is 0 Å². The summed E-state index contributed by atoms with van der Waals surface area (Å²) < 4.78 is 6.61. The van der Waals surface area contributed by atoms with Crippen LogP contribution in [0.25, 0.3) is 0 Å². The molecular formula is C22H21N3O4. The zero-order chi connectivity index (χ0) is 20.8. The van der Waals surface area contributed by atoms with Crippen molar-refractivity contribution in [2.75, 3.05) is 17.7 Å². The van der Waals surface area contributed by atoms with Crippen LogP contribution in [0.5, 0.6) is 5.75 Å². The number of ether oxygens (including phenoxy) is 1. The highest BCUT2D eigenvalue weighted by atomic mass is 16.5. The van der Waals surface area contributed by atoms with Crippen molar-refractivity contribution in [1.29, 1.82) is 0 Å². The van der Waals surface area contributed by atoms with Crippen LogP contribution >= 0.6 is 0 Å². The monoisotopic (exact) mass is 391 g/mol. The number of anilines is 2. The first-order valence-electron chi connectivity index (χ1n) is 8.97. The van der Waals surface area contributed by atoms with Crippen molar-refractivity contribution in [1.82, 2.24) is 4.57 Å². The van der Waals surface area contributed by atoms with Crippen LogP contribution in [0, 0.1) is 0 Å². The lowest BCUT2D eigenvalue weighted by atomic mass is 10.2. The van der Waals surface area contributed by atoms with E-state index in [1.54, 1.807) is 43.6 Å². The minimum Gasteiger partial charge on any atom is -0.497 e. The molecule has 0 aliphatic heterocycles. The summed E-state index contributed by atoms with van der Waals surface area (Å²) in [6.45, 7) is 1.74. The number of nitrogens with zero attached hydrogens (tertiary/aromatic N) is 1. The Labute approximate surface area is 167 Å². The minimum atomic E-state index is -0.515. The van der Waals surface area contributed by atoms with Crippen molar-refractivity contribution in [3.63, 3.8) is 0 Å². The van der Waals surface area contributed by atoms with Crippen LogP contribution in [0.4, 0.5) is 11.4 Å². The number of carbonyl (C=O) groups excluding carboxylic acids is 2. The van der Waals surface area contributed by atoms with Crippen molar-refractivity contribution >= 4 is 23.2 Å². The summed E-state index contributed by atoms with van der Waals surface area (Å²) in [5.41, 5.74) is 1.59. The number of pyridine rings is 1. The lowest BCUT2D eigenvalue weighted by Gasteiger charge is -2.10. The van der Waals surface area contributed by atoms with E-state index in [0.717, 1.165) is 11.3 Å². The highest BCUT2D eigenvalue weighted by molar-refractivity contribution is 6.04. The second kappa shape index (κ2) is 8.88. The molecule has 0 saturated heterocycles. The van der Waals surface area contributed by atoms with E-state index >= 15 is 0 Å². The van der Waals surface area contributed by atoms with E-state index < -0.39 is 5.91 Å². The van der Waals surface area contributed by atoms with Gasteiger partial charge in [-0.05, 0) is 48.0 Å². The number of nitrogens with one attached hydrogen (secondary N) is 2. The number of methoxy groups -OCH3 is 1. The maximum Gasteiger partial charge on any atom is 0.263 e. The molecule has 1 heterocycles. The lowest BCUT2D eigenvalue weighted by Crippen LogP contribution is -2.29. The number of rotatable bonds is 6. The van der Waals surface area contributed by atoms with Gasteiger partial charge in [0.1, 0.15) is 11.3 Å². The smallest absolute Gasteiger partial charge is 0.263 e.